The zero-order valence-corrected chi connectivity index (χ0v) is 9.72. The van der Waals surface area contributed by atoms with Crippen LogP contribution in [0.15, 0.2) is 0 Å². The van der Waals surface area contributed by atoms with E-state index in [0.717, 1.165) is 0 Å². The van der Waals surface area contributed by atoms with Gasteiger partial charge in [-0.3, -0.25) is 4.79 Å². The van der Waals surface area contributed by atoms with Gasteiger partial charge in [0.1, 0.15) is 11.5 Å². The van der Waals surface area contributed by atoms with Crippen LogP contribution in [0.3, 0.4) is 0 Å². The third kappa shape index (κ3) is 1.44. The molecule has 1 atom stereocenters. The second kappa shape index (κ2) is 2.94. The van der Waals surface area contributed by atoms with Crippen LogP contribution in [0.4, 0.5) is 8.78 Å². The van der Waals surface area contributed by atoms with Crippen molar-refractivity contribution in [2.75, 3.05) is 0 Å². The van der Waals surface area contributed by atoms with Gasteiger partial charge in [-0.1, -0.05) is 0 Å². The highest BCUT2D eigenvalue weighted by molar-refractivity contribution is 5.80. The third-order valence-corrected chi connectivity index (χ3v) is 3.39. The predicted octanol–water partition coefficient (Wildman–Crippen LogP) is 1.70. The standard InChI is InChI=1S/C11H17F2NO2/c1-9(2,3)16-8(15)7-10(11(7,12)13)4-6(14)5-10/h6-7H,4-5,14H2,1-3H3/t6?,7-,10?/m0/s1. The summed E-state index contributed by atoms with van der Waals surface area (Å²) in [5, 5.41) is 0. The van der Waals surface area contributed by atoms with Gasteiger partial charge in [0, 0.05) is 6.04 Å². The van der Waals surface area contributed by atoms with Gasteiger partial charge in [0.05, 0.1) is 5.41 Å². The summed E-state index contributed by atoms with van der Waals surface area (Å²) in [6.07, 6.45) is 0.452. The van der Waals surface area contributed by atoms with Gasteiger partial charge in [0.2, 0.25) is 0 Å². The first-order valence-electron chi connectivity index (χ1n) is 5.46. The normalized spacial score (nSPS) is 40.4. The Kier molecular flexibility index (Phi) is 2.16. The van der Waals surface area contributed by atoms with Crippen LogP contribution in [0, 0.1) is 11.3 Å². The van der Waals surface area contributed by atoms with Gasteiger partial charge in [-0.2, -0.15) is 0 Å². The maximum absolute atomic E-state index is 13.5. The lowest BCUT2D eigenvalue weighted by Crippen LogP contribution is -2.42. The van der Waals surface area contributed by atoms with Gasteiger partial charge in [-0.05, 0) is 33.6 Å². The second-order valence-corrected chi connectivity index (χ2v) is 5.91. The predicted molar refractivity (Wildman–Crippen MR) is 53.9 cm³/mol. The Bertz CT molecular complexity index is 329. The molecule has 3 nitrogen and oxygen atoms in total. The quantitative estimate of drug-likeness (QED) is 0.701. The Hall–Kier alpha value is -0.710. The fraction of sp³-hybridized carbons (Fsp3) is 0.909. The third-order valence-electron chi connectivity index (χ3n) is 3.39. The summed E-state index contributed by atoms with van der Waals surface area (Å²) in [7, 11) is 0. The van der Waals surface area contributed by atoms with Gasteiger partial charge >= 0.3 is 5.97 Å². The van der Waals surface area contributed by atoms with E-state index in [1.54, 1.807) is 20.8 Å². The molecule has 0 unspecified atom stereocenters. The van der Waals surface area contributed by atoms with E-state index in [-0.39, 0.29) is 18.9 Å². The lowest BCUT2D eigenvalue weighted by Gasteiger charge is -2.33. The minimum Gasteiger partial charge on any atom is -0.460 e. The maximum Gasteiger partial charge on any atom is 0.316 e. The van der Waals surface area contributed by atoms with Crippen molar-refractivity contribution >= 4 is 5.97 Å². The number of carbonyl (C=O) groups excluding carboxylic acids is 1. The zero-order valence-electron chi connectivity index (χ0n) is 9.72. The number of ether oxygens (including phenoxy) is 1. The van der Waals surface area contributed by atoms with Crippen molar-refractivity contribution in [3.8, 4) is 0 Å². The van der Waals surface area contributed by atoms with Crippen LogP contribution in [0.1, 0.15) is 33.6 Å². The fourth-order valence-electron chi connectivity index (χ4n) is 2.63. The van der Waals surface area contributed by atoms with Crippen LogP contribution >= 0.6 is 0 Å². The van der Waals surface area contributed by atoms with Crippen LogP contribution in [-0.2, 0) is 9.53 Å². The van der Waals surface area contributed by atoms with E-state index in [1.165, 1.54) is 0 Å². The average molecular weight is 233 g/mol. The Morgan fingerprint density at radius 3 is 2.25 bits per heavy atom. The van der Waals surface area contributed by atoms with Crippen LogP contribution < -0.4 is 5.73 Å². The smallest absolute Gasteiger partial charge is 0.316 e. The van der Waals surface area contributed by atoms with Crippen LogP contribution in [0.5, 0.6) is 0 Å². The summed E-state index contributed by atoms with van der Waals surface area (Å²) in [6, 6.07) is -0.196. The van der Waals surface area contributed by atoms with E-state index in [0.29, 0.717) is 0 Å². The molecule has 0 heterocycles. The number of rotatable bonds is 1. The molecule has 2 rings (SSSR count). The molecule has 92 valence electrons. The first kappa shape index (κ1) is 11.8. The Labute approximate surface area is 93.3 Å². The number of hydrogen-bond acceptors (Lipinski definition) is 3. The summed E-state index contributed by atoms with van der Waals surface area (Å²) in [4.78, 5) is 11.6. The molecule has 16 heavy (non-hydrogen) atoms. The highest BCUT2D eigenvalue weighted by Gasteiger charge is 2.87. The second-order valence-electron chi connectivity index (χ2n) is 5.91. The minimum absolute atomic E-state index is 0.196. The number of halogens is 2. The van der Waals surface area contributed by atoms with Crippen molar-refractivity contribution in [2.24, 2.45) is 17.1 Å². The molecule has 1 spiro atoms. The fourth-order valence-corrected chi connectivity index (χ4v) is 2.63. The topological polar surface area (TPSA) is 52.3 Å². The van der Waals surface area contributed by atoms with E-state index in [9.17, 15) is 13.6 Å². The van der Waals surface area contributed by atoms with Crippen molar-refractivity contribution in [3.05, 3.63) is 0 Å². The van der Waals surface area contributed by atoms with Gasteiger partial charge in [0.15, 0.2) is 0 Å². The molecule has 5 heteroatoms. The van der Waals surface area contributed by atoms with Gasteiger partial charge < -0.3 is 10.5 Å². The number of hydrogen-bond donors (Lipinski definition) is 1. The molecule has 2 fully saturated rings. The van der Waals surface area contributed by atoms with Crippen LogP contribution in [-0.4, -0.2) is 23.5 Å². The van der Waals surface area contributed by atoms with E-state index < -0.39 is 28.8 Å². The summed E-state index contributed by atoms with van der Waals surface area (Å²) in [5.74, 6) is -4.99. The molecule has 0 aromatic carbocycles. The largest absolute Gasteiger partial charge is 0.460 e. The lowest BCUT2D eigenvalue weighted by atomic mass is 9.75. The average Bonchev–Trinajstić information content (AvgIpc) is 2.43. The minimum atomic E-state index is -2.93. The highest BCUT2D eigenvalue weighted by atomic mass is 19.3. The van der Waals surface area contributed by atoms with E-state index in [4.69, 9.17) is 10.5 Å². The molecular formula is C11H17F2NO2. The highest BCUT2D eigenvalue weighted by Crippen LogP contribution is 2.75. The van der Waals surface area contributed by atoms with Gasteiger partial charge in [-0.25, -0.2) is 8.78 Å². The monoisotopic (exact) mass is 233 g/mol. The Morgan fingerprint density at radius 2 is 1.88 bits per heavy atom. The van der Waals surface area contributed by atoms with Gasteiger partial charge in [0.25, 0.3) is 5.92 Å². The Balaban J connectivity index is 2.05. The molecule has 0 amide bonds. The lowest BCUT2D eigenvalue weighted by molar-refractivity contribution is -0.159. The number of nitrogens with two attached hydrogens (primary N) is 1. The molecule has 0 radical (unpaired) electrons. The summed E-state index contributed by atoms with van der Waals surface area (Å²) in [5.41, 5.74) is 3.61. The maximum atomic E-state index is 13.5. The molecule has 0 aliphatic heterocycles. The zero-order chi connectivity index (χ0) is 12.4. The first-order valence-corrected chi connectivity index (χ1v) is 5.46. The van der Waals surface area contributed by atoms with Crippen molar-refractivity contribution in [3.63, 3.8) is 0 Å². The van der Waals surface area contributed by atoms with E-state index >= 15 is 0 Å². The van der Waals surface area contributed by atoms with Crippen molar-refractivity contribution in [1.82, 2.24) is 0 Å². The van der Waals surface area contributed by atoms with Crippen molar-refractivity contribution in [1.29, 1.82) is 0 Å². The molecule has 2 N–H and O–H groups in total. The van der Waals surface area contributed by atoms with Crippen molar-refractivity contribution in [2.45, 2.75) is 51.2 Å². The summed E-state index contributed by atoms with van der Waals surface area (Å²) >= 11 is 0. The number of esters is 1. The van der Waals surface area contributed by atoms with Gasteiger partial charge in [-0.15, -0.1) is 0 Å². The summed E-state index contributed by atoms with van der Waals surface area (Å²) < 4.78 is 32.1. The molecule has 0 aromatic heterocycles. The molecule has 2 saturated carbocycles. The molecule has 2 aliphatic rings. The molecule has 0 aromatic rings. The SMILES string of the molecule is CC(C)(C)OC(=O)[C@@H]1C(F)(F)C12CC(N)C2. The van der Waals surface area contributed by atoms with E-state index in [1.807, 2.05) is 0 Å². The molecule has 0 saturated heterocycles. The van der Waals surface area contributed by atoms with E-state index in [2.05, 4.69) is 0 Å². The van der Waals surface area contributed by atoms with Crippen LogP contribution in [0.2, 0.25) is 0 Å². The van der Waals surface area contributed by atoms with Crippen molar-refractivity contribution < 1.29 is 18.3 Å². The number of alkyl halides is 2. The molecule has 0 bridgehead atoms. The summed E-state index contributed by atoms with van der Waals surface area (Å²) in [6.45, 7) is 5.01. The molecule has 2 aliphatic carbocycles. The van der Waals surface area contributed by atoms with Crippen LogP contribution in [0.25, 0.3) is 0 Å². The number of carbonyl (C=O) groups is 1. The Morgan fingerprint density at radius 1 is 1.38 bits per heavy atom. The first-order chi connectivity index (χ1) is 7.10. The molecular weight excluding hydrogens is 216 g/mol.